The first-order valence-corrected chi connectivity index (χ1v) is 8.11. The Kier molecular flexibility index (Phi) is 6.00. The van der Waals surface area contributed by atoms with Gasteiger partial charge in [0.1, 0.15) is 5.82 Å². The van der Waals surface area contributed by atoms with Crippen molar-refractivity contribution in [1.82, 2.24) is 15.2 Å². The molecule has 1 aromatic carbocycles. The van der Waals surface area contributed by atoms with Crippen molar-refractivity contribution in [3.8, 4) is 0 Å². The van der Waals surface area contributed by atoms with Crippen LogP contribution in [-0.2, 0) is 16.0 Å². The van der Waals surface area contributed by atoms with Crippen LogP contribution in [0.2, 0.25) is 5.02 Å². The minimum Gasteiger partial charge on any atom is -0.465 e. The molecule has 7 nitrogen and oxygen atoms in total. The first kappa shape index (κ1) is 17.3. The number of amides is 1. The molecule has 0 bridgehead atoms. The van der Waals surface area contributed by atoms with Crippen LogP contribution in [0.5, 0.6) is 0 Å². The van der Waals surface area contributed by atoms with Crippen LogP contribution in [0.15, 0.2) is 23.4 Å². The van der Waals surface area contributed by atoms with Gasteiger partial charge < -0.3 is 10.1 Å². The van der Waals surface area contributed by atoms with Crippen LogP contribution in [-0.4, -0.2) is 39.9 Å². The van der Waals surface area contributed by atoms with Gasteiger partial charge in [-0.1, -0.05) is 30.3 Å². The molecule has 0 fully saturated rings. The number of halogens is 1. The maximum absolute atomic E-state index is 12.0. The first-order chi connectivity index (χ1) is 11.0. The Balaban J connectivity index is 1.98. The van der Waals surface area contributed by atoms with Crippen LogP contribution in [0.25, 0.3) is 0 Å². The molecule has 1 aromatic heterocycles. The van der Waals surface area contributed by atoms with E-state index in [-0.39, 0.29) is 11.7 Å². The number of esters is 1. The quantitative estimate of drug-likeness (QED) is 0.611. The van der Waals surface area contributed by atoms with Gasteiger partial charge in [0.25, 0.3) is 0 Å². The van der Waals surface area contributed by atoms with Crippen molar-refractivity contribution in [3.05, 3.63) is 34.6 Å². The Morgan fingerprint density at radius 1 is 1.43 bits per heavy atom. The lowest BCUT2D eigenvalue weighted by Gasteiger charge is -2.08. The van der Waals surface area contributed by atoms with E-state index in [0.717, 1.165) is 12.2 Å². The maximum Gasteiger partial charge on any atom is 0.337 e. The summed E-state index contributed by atoms with van der Waals surface area (Å²) >= 11 is 7.23. The number of aryl methyl sites for hydroxylation is 1. The van der Waals surface area contributed by atoms with E-state index in [1.54, 1.807) is 0 Å². The number of aromatic nitrogens is 3. The fourth-order valence-electron chi connectivity index (χ4n) is 1.68. The standard InChI is InChI=1S/C14H15ClN4O3S/c1-3-11-17-14(19-18-11)23-7-12(20)16-10-6-8(13(21)22-2)4-5-9(10)15/h4-6H,3,7H2,1-2H3,(H,16,20)(H,17,18,19). The van der Waals surface area contributed by atoms with E-state index in [4.69, 9.17) is 11.6 Å². The molecule has 0 saturated heterocycles. The summed E-state index contributed by atoms with van der Waals surface area (Å²) in [6.45, 7) is 1.96. The minimum absolute atomic E-state index is 0.125. The van der Waals surface area contributed by atoms with Gasteiger partial charge in [0.2, 0.25) is 11.1 Å². The summed E-state index contributed by atoms with van der Waals surface area (Å²) in [5, 5.41) is 10.3. The van der Waals surface area contributed by atoms with Crippen molar-refractivity contribution in [2.75, 3.05) is 18.2 Å². The third kappa shape index (κ3) is 4.70. The molecule has 23 heavy (non-hydrogen) atoms. The zero-order chi connectivity index (χ0) is 16.8. The summed E-state index contributed by atoms with van der Waals surface area (Å²) in [6.07, 6.45) is 0.746. The third-order valence-electron chi connectivity index (χ3n) is 2.84. The molecule has 2 N–H and O–H groups in total. The Hall–Kier alpha value is -2.06. The number of benzene rings is 1. The molecule has 0 atom stereocenters. The highest BCUT2D eigenvalue weighted by atomic mass is 35.5. The second-order valence-electron chi connectivity index (χ2n) is 4.44. The lowest BCUT2D eigenvalue weighted by atomic mass is 10.2. The van der Waals surface area contributed by atoms with Crippen LogP contribution in [0, 0.1) is 0 Å². The van der Waals surface area contributed by atoms with Gasteiger partial charge in [0.05, 0.1) is 29.1 Å². The van der Waals surface area contributed by atoms with E-state index in [1.807, 2.05) is 6.92 Å². The van der Waals surface area contributed by atoms with Crippen molar-refractivity contribution in [2.45, 2.75) is 18.5 Å². The Bertz CT molecular complexity index is 720. The number of hydrogen-bond donors (Lipinski definition) is 2. The van der Waals surface area contributed by atoms with E-state index >= 15 is 0 Å². The van der Waals surface area contributed by atoms with Crippen LogP contribution < -0.4 is 5.32 Å². The van der Waals surface area contributed by atoms with Crippen molar-refractivity contribution in [2.24, 2.45) is 0 Å². The Morgan fingerprint density at radius 3 is 2.87 bits per heavy atom. The number of carbonyl (C=O) groups excluding carboxylic acids is 2. The third-order valence-corrected chi connectivity index (χ3v) is 4.02. The van der Waals surface area contributed by atoms with Crippen molar-refractivity contribution < 1.29 is 14.3 Å². The maximum atomic E-state index is 12.0. The average molecular weight is 355 g/mol. The highest BCUT2D eigenvalue weighted by Crippen LogP contribution is 2.24. The number of methoxy groups -OCH3 is 1. The van der Waals surface area contributed by atoms with Gasteiger partial charge in [-0.05, 0) is 18.2 Å². The monoisotopic (exact) mass is 354 g/mol. The number of ether oxygens (including phenoxy) is 1. The lowest BCUT2D eigenvalue weighted by Crippen LogP contribution is -2.15. The topological polar surface area (TPSA) is 97.0 Å². The summed E-state index contributed by atoms with van der Waals surface area (Å²) in [6, 6.07) is 4.52. The molecular formula is C14H15ClN4O3S. The van der Waals surface area contributed by atoms with Gasteiger partial charge in [-0.2, -0.15) is 0 Å². The Morgan fingerprint density at radius 2 is 2.22 bits per heavy atom. The predicted octanol–water partition coefficient (Wildman–Crippen LogP) is 2.54. The van der Waals surface area contributed by atoms with Crippen LogP contribution in [0.3, 0.4) is 0 Å². The number of H-pyrrole nitrogens is 1. The molecule has 9 heteroatoms. The SMILES string of the molecule is CCc1nc(SCC(=O)Nc2cc(C(=O)OC)ccc2Cl)n[nH]1. The molecule has 0 saturated carbocycles. The molecule has 2 rings (SSSR count). The largest absolute Gasteiger partial charge is 0.465 e. The average Bonchev–Trinajstić information content (AvgIpc) is 3.02. The van der Waals surface area contributed by atoms with Gasteiger partial charge in [-0.3, -0.25) is 9.89 Å². The molecule has 0 aliphatic heterocycles. The normalized spacial score (nSPS) is 10.4. The second-order valence-corrected chi connectivity index (χ2v) is 5.79. The fraction of sp³-hybridized carbons (Fsp3) is 0.286. The number of rotatable bonds is 6. The summed E-state index contributed by atoms with van der Waals surface area (Å²) in [4.78, 5) is 27.7. The molecule has 122 valence electrons. The van der Waals surface area contributed by atoms with E-state index in [1.165, 1.54) is 37.1 Å². The molecule has 2 aromatic rings. The van der Waals surface area contributed by atoms with E-state index in [9.17, 15) is 9.59 Å². The summed E-state index contributed by atoms with van der Waals surface area (Å²) in [5.41, 5.74) is 0.658. The van der Waals surface area contributed by atoms with Gasteiger partial charge >= 0.3 is 5.97 Å². The van der Waals surface area contributed by atoms with Gasteiger partial charge in [-0.15, -0.1) is 5.10 Å². The summed E-state index contributed by atoms with van der Waals surface area (Å²) in [7, 11) is 1.28. The predicted molar refractivity (Wildman–Crippen MR) is 87.9 cm³/mol. The summed E-state index contributed by atoms with van der Waals surface area (Å²) < 4.78 is 4.64. The Labute approximate surface area is 142 Å². The summed E-state index contributed by atoms with van der Waals surface area (Å²) in [5.74, 6) is 0.114. The first-order valence-electron chi connectivity index (χ1n) is 6.75. The van der Waals surface area contributed by atoms with Crippen LogP contribution in [0.1, 0.15) is 23.1 Å². The van der Waals surface area contributed by atoms with E-state index in [0.29, 0.717) is 21.4 Å². The molecule has 0 aliphatic carbocycles. The van der Waals surface area contributed by atoms with Crippen LogP contribution >= 0.6 is 23.4 Å². The lowest BCUT2D eigenvalue weighted by molar-refractivity contribution is -0.113. The minimum atomic E-state index is -0.501. The smallest absolute Gasteiger partial charge is 0.337 e. The number of nitrogens with zero attached hydrogens (tertiary/aromatic N) is 2. The number of nitrogens with one attached hydrogen (secondary N) is 2. The molecule has 1 amide bonds. The number of anilines is 1. The van der Waals surface area contributed by atoms with Crippen LogP contribution in [0.4, 0.5) is 5.69 Å². The van der Waals surface area contributed by atoms with Gasteiger partial charge in [0, 0.05) is 6.42 Å². The molecule has 1 heterocycles. The number of aromatic amines is 1. The van der Waals surface area contributed by atoms with E-state index < -0.39 is 5.97 Å². The molecule has 0 spiro atoms. The number of thioether (sulfide) groups is 1. The van der Waals surface area contributed by atoms with Gasteiger partial charge in [0.15, 0.2) is 0 Å². The zero-order valence-corrected chi connectivity index (χ0v) is 14.1. The zero-order valence-electron chi connectivity index (χ0n) is 12.6. The second kappa shape index (κ2) is 7.98. The fourth-order valence-corrected chi connectivity index (χ4v) is 2.46. The van der Waals surface area contributed by atoms with E-state index in [2.05, 4.69) is 25.2 Å². The molecule has 0 aliphatic rings. The highest BCUT2D eigenvalue weighted by molar-refractivity contribution is 7.99. The number of carbonyl (C=O) groups is 2. The van der Waals surface area contributed by atoms with Gasteiger partial charge in [-0.25, -0.2) is 9.78 Å². The van der Waals surface area contributed by atoms with Crippen molar-refractivity contribution >= 4 is 40.9 Å². The molecule has 0 radical (unpaired) electrons. The molecule has 0 unspecified atom stereocenters. The van der Waals surface area contributed by atoms with Crippen molar-refractivity contribution in [3.63, 3.8) is 0 Å². The highest BCUT2D eigenvalue weighted by Gasteiger charge is 2.12. The van der Waals surface area contributed by atoms with Crippen molar-refractivity contribution in [1.29, 1.82) is 0 Å². The number of hydrogen-bond acceptors (Lipinski definition) is 6. The molecular weight excluding hydrogens is 340 g/mol.